The summed E-state index contributed by atoms with van der Waals surface area (Å²) in [4.78, 5) is 43.6. The van der Waals surface area contributed by atoms with Crippen molar-refractivity contribution < 1.29 is 14.3 Å². The number of rotatable bonds is 9. The Morgan fingerprint density at radius 3 is 2.52 bits per heavy atom. The Hall–Kier alpha value is -1.83. The number of carbonyl (C=O) groups is 2. The molecule has 0 fully saturated rings. The molecule has 0 aliphatic rings. The standard InChI is InChI=1S/C15H23N3O4S/c1-4-6-18(7-5-2)13(20)10-23-15-16-11(8-12(19)17-15)9-14(21)22-3/h8H,4-7,9-10H2,1-3H3,(H,16,17,19). The number of carbonyl (C=O) groups excluding carboxylic acids is 2. The Balaban J connectivity index is 2.71. The Labute approximate surface area is 139 Å². The predicted molar refractivity (Wildman–Crippen MR) is 88.5 cm³/mol. The zero-order valence-electron chi connectivity index (χ0n) is 13.8. The van der Waals surface area contributed by atoms with Gasteiger partial charge in [0.2, 0.25) is 5.91 Å². The van der Waals surface area contributed by atoms with Gasteiger partial charge in [0.05, 0.1) is 25.0 Å². The largest absolute Gasteiger partial charge is 0.469 e. The van der Waals surface area contributed by atoms with Crippen LogP contribution in [0.15, 0.2) is 16.0 Å². The third kappa shape index (κ3) is 6.85. The Kier molecular flexibility index (Phi) is 8.39. The summed E-state index contributed by atoms with van der Waals surface area (Å²) >= 11 is 1.16. The fourth-order valence-corrected chi connectivity index (χ4v) is 2.78. The minimum absolute atomic E-state index is 0.0136. The molecule has 1 aromatic rings. The van der Waals surface area contributed by atoms with Crippen LogP contribution in [0.4, 0.5) is 0 Å². The number of nitrogens with zero attached hydrogens (tertiary/aromatic N) is 2. The molecular formula is C15H23N3O4S. The minimum Gasteiger partial charge on any atom is -0.469 e. The number of methoxy groups -OCH3 is 1. The van der Waals surface area contributed by atoms with Crippen LogP contribution in [0.3, 0.4) is 0 Å². The fraction of sp³-hybridized carbons (Fsp3) is 0.600. The molecule has 1 aromatic heterocycles. The molecule has 0 aromatic carbocycles. The van der Waals surface area contributed by atoms with Gasteiger partial charge in [0.15, 0.2) is 5.16 Å². The topological polar surface area (TPSA) is 92.4 Å². The van der Waals surface area contributed by atoms with Gasteiger partial charge in [-0.25, -0.2) is 4.98 Å². The summed E-state index contributed by atoms with van der Waals surface area (Å²) in [6.07, 6.45) is 1.74. The van der Waals surface area contributed by atoms with Crippen molar-refractivity contribution in [2.75, 3.05) is 26.0 Å². The molecule has 8 heteroatoms. The van der Waals surface area contributed by atoms with Crippen molar-refractivity contribution in [2.45, 2.75) is 38.3 Å². The average molecular weight is 341 g/mol. The molecule has 1 amide bonds. The van der Waals surface area contributed by atoms with Gasteiger partial charge < -0.3 is 14.6 Å². The molecule has 0 aliphatic carbocycles. The van der Waals surface area contributed by atoms with E-state index in [0.29, 0.717) is 10.9 Å². The van der Waals surface area contributed by atoms with Gasteiger partial charge in [-0.2, -0.15) is 0 Å². The number of H-pyrrole nitrogens is 1. The van der Waals surface area contributed by atoms with Crippen LogP contribution in [0.25, 0.3) is 0 Å². The van der Waals surface area contributed by atoms with Gasteiger partial charge >= 0.3 is 5.97 Å². The summed E-state index contributed by atoms with van der Waals surface area (Å²) in [6, 6.07) is 1.25. The summed E-state index contributed by atoms with van der Waals surface area (Å²) in [5, 5.41) is 0.331. The summed E-state index contributed by atoms with van der Waals surface area (Å²) < 4.78 is 4.56. The highest BCUT2D eigenvalue weighted by atomic mass is 32.2. The highest BCUT2D eigenvalue weighted by molar-refractivity contribution is 7.99. The van der Waals surface area contributed by atoms with E-state index in [2.05, 4.69) is 14.7 Å². The van der Waals surface area contributed by atoms with Crippen molar-refractivity contribution in [1.29, 1.82) is 0 Å². The Morgan fingerprint density at radius 2 is 1.96 bits per heavy atom. The third-order valence-electron chi connectivity index (χ3n) is 3.00. The second-order valence-electron chi connectivity index (χ2n) is 4.96. The molecule has 1 rings (SSSR count). The van der Waals surface area contributed by atoms with Crippen LogP contribution in [-0.4, -0.2) is 52.7 Å². The van der Waals surface area contributed by atoms with E-state index in [4.69, 9.17) is 0 Å². The van der Waals surface area contributed by atoms with E-state index in [0.717, 1.165) is 37.7 Å². The second kappa shape index (κ2) is 10.0. The van der Waals surface area contributed by atoms with Crippen LogP contribution in [0.5, 0.6) is 0 Å². The molecule has 7 nitrogen and oxygen atoms in total. The van der Waals surface area contributed by atoms with Gasteiger partial charge in [0, 0.05) is 19.2 Å². The number of nitrogens with one attached hydrogen (secondary N) is 1. The van der Waals surface area contributed by atoms with Crippen molar-refractivity contribution in [3.8, 4) is 0 Å². The van der Waals surface area contributed by atoms with Crippen LogP contribution < -0.4 is 5.56 Å². The first-order valence-corrected chi connectivity index (χ1v) is 8.56. The summed E-state index contributed by atoms with van der Waals surface area (Å²) in [6.45, 7) is 5.50. The lowest BCUT2D eigenvalue weighted by atomic mass is 10.3. The molecule has 0 saturated carbocycles. The van der Waals surface area contributed by atoms with Crippen LogP contribution in [0.1, 0.15) is 32.4 Å². The van der Waals surface area contributed by atoms with Crippen molar-refractivity contribution in [3.63, 3.8) is 0 Å². The first-order chi connectivity index (χ1) is 11.0. The van der Waals surface area contributed by atoms with Crippen LogP contribution in [0, 0.1) is 0 Å². The molecule has 0 unspecified atom stereocenters. The summed E-state index contributed by atoms with van der Waals surface area (Å²) in [7, 11) is 1.28. The fourth-order valence-electron chi connectivity index (χ4n) is 1.98. The molecule has 0 aliphatic heterocycles. The maximum atomic E-state index is 12.2. The van der Waals surface area contributed by atoms with Gasteiger partial charge in [-0.05, 0) is 12.8 Å². The zero-order valence-corrected chi connectivity index (χ0v) is 14.6. The van der Waals surface area contributed by atoms with E-state index < -0.39 is 5.97 Å². The van der Waals surface area contributed by atoms with Crippen molar-refractivity contribution in [3.05, 3.63) is 22.1 Å². The number of esters is 1. The zero-order chi connectivity index (χ0) is 17.2. The van der Waals surface area contributed by atoms with E-state index >= 15 is 0 Å². The molecule has 0 saturated heterocycles. The number of ether oxygens (including phenoxy) is 1. The summed E-state index contributed by atoms with van der Waals surface area (Å²) in [5.74, 6) is -0.253. The van der Waals surface area contributed by atoms with Crippen molar-refractivity contribution in [1.82, 2.24) is 14.9 Å². The van der Waals surface area contributed by atoms with Gasteiger partial charge in [0.25, 0.3) is 5.56 Å². The second-order valence-corrected chi connectivity index (χ2v) is 5.93. The third-order valence-corrected chi connectivity index (χ3v) is 3.86. The van der Waals surface area contributed by atoms with Gasteiger partial charge in [-0.15, -0.1) is 0 Å². The molecule has 1 N–H and O–H groups in total. The molecule has 0 atom stereocenters. The normalized spacial score (nSPS) is 10.4. The average Bonchev–Trinajstić information content (AvgIpc) is 2.51. The predicted octanol–water partition coefficient (Wildman–Crippen LogP) is 1.23. The SMILES string of the molecule is CCCN(CCC)C(=O)CSc1nc(CC(=O)OC)cc(=O)[nH]1. The van der Waals surface area contributed by atoms with Crippen molar-refractivity contribution in [2.24, 2.45) is 0 Å². The molecule has 128 valence electrons. The smallest absolute Gasteiger partial charge is 0.311 e. The van der Waals surface area contributed by atoms with Crippen molar-refractivity contribution >= 4 is 23.6 Å². The van der Waals surface area contributed by atoms with Gasteiger partial charge in [0.1, 0.15) is 0 Å². The molecular weight excluding hydrogens is 318 g/mol. The van der Waals surface area contributed by atoms with Crippen LogP contribution in [0.2, 0.25) is 0 Å². The lowest BCUT2D eigenvalue weighted by molar-refractivity contribution is -0.139. The van der Waals surface area contributed by atoms with Gasteiger partial charge in [-0.1, -0.05) is 25.6 Å². The monoisotopic (exact) mass is 341 g/mol. The number of amides is 1. The van der Waals surface area contributed by atoms with Gasteiger partial charge in [-0.3, -0.25) is 14.4 Å². The highest BCUT2D eigenvalue weighted by Crippen LogP contribution is 2.13. The number of hydrogen-bond acceptors (Lipinski definition) is 6. The number of aromatic amines is 1. The first-order valence-electron chi connectivity index (χ1n) is 7.57. The first kappa shape index (κ1) is 19.2. The van der Waals surface area contributed by atoms with E-state index in [9.17, 15) is 14.4 Å². The van der Waals surface area contributed by atoms with Crippen LogP contribution >= 0.6 is 11.8 Å². The highest BCUT2D eigenvalue weighted by Gasteiger charge is 2.14. The molecule has 0 spiro atoms. The lowest BCUT2D eigenvalue weighted by Gasteiger charge is -2.21. The van der Waals surface area contributed by atoms with E-state index in [-0.39, 0.29) is 23.6 Å². The number of hydrogen-bond donors (Lipinski definition) is 1. The number of aromatic nitrogens is 2. The van der Waals surface area contributed by atoms with Crippen LogP contribution in [-0.2, 0) is 20.7 Å². The minimum atomic E-state index is -0.466. The Bertz CT molecular complexity index is 582. The molecule has 23 heavy (non-hydrogen) atoms. The Morgan fingerprint density at radius 1 is 1.30 bits per heavy atom. The maximum Gasteiger partial charge on any atom is 0.311 e. The van der Waals surface area contributed by atoms with E-state index in [1.165, 1.54) is 13.2 Å². The van der Waals surface area contributed by atoms with E-state index in [1.54, 1.807) is 0 Å². The summed E-state index contributed by atoms with van der Waals surface area (Å²) in [5.41, 5.74) is -0.0256. The quantitative estimate of drug-likeness (QED) is 0.412. The molecule has 0 radical (unpaired) electrons. The number of thioether (sulfide) groups is 1. The van der Waals surface area contributed by atoms with E-state index in [1.807, 2.05) is 18.7 Å². The maximum absolute atomic E-state index is 12.2. The molecule has 1 heterocycles. The molecule has 0 bridgehead atoms. The lowest BCUT2D eigenvalue weighted by Crippen LogP contribution is -2.33.